The summed E-state index contributed by atoms with van der Waals surface area (Å²) >= 11 is 0. The number of furan rings is 1. The van der Waals surface area contributed by atoms with Crippen LogP contribution in [0.4, 0.5) is 0 Å². The Labute approximate surface area is 157 Å². The van der Waals surface area contributed by atoms with Crippen molar-refractivity contribution in [3.05, 3.63) is 65.1 Å². The lowest BCUT2D eigenvalue weighted by molar-refractivity contribution is -0.129. The van der Waals surface area contributed by atoms with Crippen LogP contribution in [0.1, 0.15) is 34.5 Å². The molecule has 7 heteroatoms. The molecule has 0 saturated heterocycles. The molecular weight excluding hydrogens is 346 g/mol. The molecule has 0 unspecified atom stereocenters. The van der Waals surface area contributed by atoms with Crippen molar-refractivity contribution >= 4 is 11.7 Å². The van der Waals surface area contributed by atoms with Crippen LogP contribution in [-0.4, -0.2) is 58.8 Å². The highest BCUT2D eigenvalue weighted by Gasteiger charge is 2.44. The number of Topliss-reactive ketones (excluding diaryl/α,β-unsaturated/α-hetero) is 1. The summed E-state index contributed by atoms with van der Waals surface area (Å²) in [5.41, 5.74) is 0.546. The molecule has 0 spiro atoms. The Morgan fingerprint density at radius 2 is 2.07 bits per heavy atom. The highest BCUT2D eigenvalue weighted by Crippen LogP contribution is 2.38. The van der Waals surface area contributed by atoms with Crippen molar-refractivity contribution in [2.75, 3.05) is 27.2 Å². The number of aryl methyl sites for hydroxylation is 1. The zero-order chi connectivity index (χ0) is 19.6. The van der Waals surface area contributed by atoms with E-state index in [0.29, 0.717) is 24.4 Å². The van der Waals surface area contributed by atoms with Gasteiger partial charge in [0.2, 0.25) is 5.78 Å². The van der Waals surface area contributed by atoms with E-state index >= 15 is 0 Å². The second-order valence-corrected chi connectivity index (χ2v) is 6.81. The summed E-state index contributed by atoms with van der Waals surface area (Å²) in [6, 6.07) is 7.78. The number of carbonyl (C=O) groups excluding carboxylic acids is 2. The minimum atomic E-state index is -0.737. The van der Waals surface area contributed by atoms with Crippen LogP contribution in [-0.2, 0) is 4.79 Å². The van der Waals surface area contributed by atoms with E-state index < -0.39 is 23.5 Å². The number of hydrogen-bond acceptors (Lipinski definition) is 6. The maximum absolute atomic E-state index is 13.0. The first-order chi connectivity index (χ1) is 12.9. The number of amides is 1. The van der Waals surface area contributed by atoms with Crippen molar-refractivity contribution < 1.29 is 19.1 Å². The number of ketones is 1. The topological polar surface area (TPSA) is 86.9 Å². The molecule has 3 heterocycles. The van der Waals surface area contributed by atoms with Gasteiger partial charge < -0.3 is 19.3 Å². The summed E-state index contributed by atoms with van der Waals surface area (Å²) < 4.78 is 5.42. The van der Waals surface area contributed by atoms with Crippen molar-refractivity contribution in [1.82, 2.24) is 14.8 Å². The van der Waals surface area contributed by atoms with E-state index in [1.807, 2.05) is 19.0 Å². The van der Waals surface area contributed by atoms with Gasteiger partial charge in [0.25, 0.3) is 5.91 Å². The van der Waals surface area contributed by atoms with Crippen molar-refractivity contribution in [3.8, 4) is 0 Å². The largest absolute Gasteiger partial charge is 0.503 e. The number of aromatic nitrogens is 1. The molecule has 0 fully saturated rings. The van der Waals surface area contributed by atoms with Crippen LogP contribution < -0.4 is 0 Å². The molecule has 1 atom stereocenters. The third-order valence-electron chi connectivity index (χ3n) is 4.48. The molecule has 2 aromatic heterocycles. The van der Waals surface area contributed by atoms with Crippen molar-refractivity contribution in [3.63, 3.8) is 0 Å². The van der Waals surface area contributed by atoms with Gasteiger partial charge in [-0.15, -0.1) is 0 Å². The summed E-state index contributed by atoms with van der Waals surface area (Å²) in [4.78, 5) is 33.6. The van der Waals surface area contributed by atoms with Crippen LogP contribution in [0.5, 0.6) is 0 Å². The molecule has 1 aliphatic rings. The molecule has 142 valence electrons. The van der Waals surface area contributed by atoms with Crippen molar-refractivity contribution in [1.29, 1.82) is 0 Å². The minimum Gasteiger partial charge on any atom is -0.503 e. The second-order valence-electron chi connectivity index (χ2n) is 6.81. The van der Waals surface area contributed by atoms with Gasteiger partial charge in [-0.05, 0) is 58.3 Å². The summed E-state index contributed by atoms with van der Waals surface area (Å²) in [5, 5.41) is 10.5. The first-order valence-corrected chi connectivity index (χ1v) is 8.81. The molecule has 7 nitrogen and oxygen atoms in total. The number of carbonyl (C=O) groups is 2. The molecule has 0 aliphatic carbocycles. The van der Waals surface area contributed by atoms with E-state index in [4.69, 9.17) is 4.42 Å². The van der Waals surface area contributed by atoms with E-state index in [0.717, 1.165) is 6.54 Å². The minimum absolute atomic E-state index is 0.0119. The SMILES string of the molecule is Cc1ccc(C(=O)C2=C(O)C(=O)N(CCCN(C)C)[C@@H]2c2ccccn2)o1. The number of rotatable bonds is 7. The molecule has 27 heavy (non-hydrogen) atoms. The molecule has 0 saturated carbocycles. The number of nitrogens with zero attached hydrogens (tertiary/aromatic N) is 3. The molecule has 0 bridgehead atoms. The van der Waals surface area contributed by atoms with Gasteiger partial charge in [-0.2, -0.15) is 0 Å². The Morgan fingerprint density at radius 3 is 2.67 bits per heavy atom. The first-order valence-electron chi connectivity index (χ1n) is 8.81. The lowest BCUT2D eigenvalue weighted by Crippen LogP contribution is -2.33. The number of pyridine rings is 1. The molecular formula is C20H23N3O4. The summed E-state index contributed by atoms with van der Waals surface area (Å²) in [5.74, 6) is -0.914. The standard InChI is InChI=1S/C20H23N3O4/c1-13-8-9-15(27-13)18(24)16-17(14-7-4-5-10-21-14)23(20(26)19(16)25)12-6-11-22(2)3/h4-5,7-10,17,25H,6,11-12H2,1-3H3/t17-/m1/s1. The van der Waals surface area contributed by atoms with Crippen LogP contribution in [0.3, 0.4) is 0 Å². The van der Waals surface area contributed by atoms with Crippen LogP contribution in [0.15, 0.2) is 52.3 Å². The van der Waals surface area contributed by atoms with Gasteiger partial charge >= 0.3 is 0 Å². The Bertz CT molecular complexity index is 870. The predicted octanol–water partition coefficient (Wildman–Crippen LogP) is 2.51. The van der Waals surface area contributed by atoms with Gasteiger partial charge in [0.15, 0.2) is 11.5 Å². The highest BCUT2D eigenvalue weighted by molar-refractivity contribution is 6.14. The molecule has 1 amide bonds. The fourth-order valence-electron chi connectivity index (χ4n) is 3.21. The Kier molecular flexibility index (Phi) is 5.41. The Morgan fingerprint density at radius 1 is 1.30 bits per heavy atom. The maximum Gasteiger partial charge on any atom is 0.290 e. The second kappa shape index (κ2) is 7.75. The zero-order valence-corrected chi connectivity index (χ0v) is 15.7. The highest BCUT2D eigenvalue weighted by atomic mass is 16.3. The summed E-state index contributed by atoms with van der Waals surface area (Å²) in [6.07, 6.45) is 2.31. The van der Waals surface area contributed by atoms with Gasteiger partial charge in [-0.3, -0.25) is 14.6 Å². The Hall–Kier alpha value is -2.93. The van der Waals surface area contributed by atoms with Crippen LogP contribution in [0.2, 0.25) is 0 Å². The maximum atomic E-state index is 13.0. The van der Waals surface area contributed by atoms with Crippen LogP contribution in [0.25, 0.3) is 0 Å². The van der Waals surface area contributed by atoms with E-state index in [9.17, 15) is 14.7 Å². The Balaban J connectivity index is 1.98. The van der Waals surface area contributed by atoms with Gasteiger partial charge in [0.1, 0.15) is 11.8 Å². The fourth-order valence-corrected chi connectivity index (χ4v) is 3.21. The van der Waals surface area contributed by atoms with Crippen molar-refractivity contribution in [2.24, 2.45) is 0 Å². The van der Waals surface area contributed by atoms with Crippen LogP contribution >= 0.6 is 0 Å². The fraction of sp³-hybridized carbons (Fsp3) is 0.350. The lowest BCUT2D eigenvalue weighted by atomic mass is 9.98. The zero-order valence-electron chi connectivity index (χ0n) is 15.7. The van der Waals surface area contributed by atoms with Gasteiger partial charge in [0, 0.05) is 12.7 Å². The third kappa shape index (κ3) is 3.78. The average Bonchev–Trinajstić information content (AvgIpc) is 3.18. The number of aliphatic hydroxyl groups is 1. The monoisotopic (exact) mass is 369 g/mol. The average molecular weight is 369 g/mol. The quantitative estimate of drug-likeness (QED) is 0.755. The van der Waals surface area contributed by atoms with Gasteiger partial charge in [-0.25, -0.2) is 0 Å². The molecule has 1 aliphatic heterocycles. The lowest BCUT2D eigenvalue weighted by Gasteiger charge is -2.26. The predicted molar refractivity (Wildman–Crippen MR) is 99.3 cm³/mol. The van der Waals surface area contributed by atoms with Crippen LogP contribution in [0, 0.1) is 6.92 Å². The van der Waals surface area contributed by atoms with E-state index in [1.165, 1.54) is 4.90 Å². The van der Waals surface area contributed by atoms with E-state index in [1.54, 1.807) is 43.5 Å². The van der Waals surface area contributed by atoms with E-state index in [2.05, 4.69) is 4.98 Å². The van der Waals surface area contributed by atoms with E-state index in [-0.39, 0.29) is 11.3 Å². The first kappa shape index (κ1) is 18.8. The number of aliphatic hydroxyl groups excluding tert-OH is 1. The molecule has 1 N–H and O–H groups in total. The van der Waals surface area contributed by atoms with Gasteiger partial charge in [0.05, 0.1) is 11.3 Å². The van der Waals surface area contributed by atoms with Crippen molar-refractivity contribution in [2.45, 2.75) is 19.4 Å². The van der Waals surface area contributed by atoms with Gasteiger partial charge in [-0.1, -0.05) is 6.07 Å². The molecule has 0 radical (unpaired) electrons. The smallest absolute Gasteiger partial charge is 0.290 e. The molecule has 0 aromatic carbocycles. The third-order valence-corrected chi connectivity index (χ3v) is 4.48. The normalized spacial score (nSPS) is 17.3. The molecule has 3 rings (SSSR count). The summed E-state index contributed by atoms with van der Waals surface area (Å²) in [6.45, 7) is 2.91. The molecule has 2 aromatic rings. The number of hydrogen-bond donors (Lipinski definition) is 1. The summed E-state index contributed by atoms with van der Waals surface area (Å²) in [7, 11) is 3.90.